The molecule has 1 amide bonds. The van der Waals surface area contributed by atoms with Crippen molar-refractivity contribution in [1.29, 1.82) is 0 Å². The highest BCUT2D eigenvalue weighted by atomic mass is 32.2. The molecule has 0 fully saturated rings. The zero-order valence-corrected chi connectivity index (χ0v) is 14.8. The molecule has 0 bridgehead atoms. The van der Waals surface area contributed by atoms with E-state index in [0.717, 1.165) is 18.4 Å². The largest absolute Gasteiger partial charge is 0.354 e. The molecule has 4 rings (SSSR count). The van der Waals surface area contributed by atoms with Crippen LogP contribution in [0.2, 0.25) is 0 Å². The minimum Gasteiger partial charge on any atom is -0.354 e. The smallest absolute Gasteiger partial charge is 0.265 e. The van der Waals surface area contributed by atoms with Gasteiger partial charge in [0.05, 0.1) is 16.9 Å². The normalized spacial score (nSPS) is 14.7. The minimum atomic E-state index is -3.70. The van der Waals surface area contributed by atoms with E-state index in [1.54, 1.807) is 36.8 Å². The summed E-state index contributed by atoms with van der Waals surface area (Å²) in [6.45, 7) is 0.996. The Morgan fingerprint density at radius 2 is 1.96 bits per heavy atom. The van der Waals surface area contributed by atoms with Gasteiger partial charge in [0.15, 0.2) is 0 Å². The lowest BCUT2D eigenvalue weighted by molar-refractivity contribution is -0.119. The monoisotopic (exact) mass is 370 g/mol. The van der Waals surface area contributed by atoms with Crippen molar-refractivity contribution in [2.45, 2.75) is 17.9 Å². The Labute approximate surface area is 151 Å². The summed E-state index contributed by atoms with van der Waals surface area (Å²) in [5.74, 6) is -0.316. The van der Waals surface area contributed by atoms with E-state index in [4.69, 9.17) is 0 Å². The second-order valence-corrected chi connectivity index (χ2v) is 7.98. The first-order valence-corrected chi connectivity index (χ1v) is 9.78. The van der Waals surface area contributed by atoms with Crippen molar-refractivity contribution in [3.8, 4) is 0 Å². The van der Waals surface area contributed by atoms with Crippen molar-refractivity contribution in [3.63, 3.8) is 0 Å². The topological polar surface area (TPSA) is 84.3 Å². The van der Waals surface area contributed by atoms with Crippen LogP contribution in [-0.2, 0) is 21.4 Å². The summed E-state index contributed by atoms with van der Waals surface area (Å²) in [5.41, 5.74) is 0.562. The van der Waals surface area contributed by atoms with E-state index < -0.39 is 10.0 Å². The first-order valence-electron chi connectivity index (χ1n) is 8.34. The lowest BCUT2D eigenvalue weighted by Crippen LogP contribution is -2.39. The molecule has 0 atom stereocenters. The summed E-state index contributed by atoms with van der Waals surface area (Å²) in [7, 11) is -3.70. The van der Waals surface area contributed by atoms with Crippen molar-refractivity contribution in [3.05, 3.63) is 55.1 Å². The number of nitrogens with zero attached hydrogens (tertiary/aromatic N) is 3. The van der Waals surface area contributed by atoms with Gasteiger partial charge in [-0.05, 0) is 23.9 Å². The molecule has 0 aliphatic carbocycles. The Bertz CT molecular complexity index is 1060. The van der Waals surface area contributed by atoms with Gasteiger partial charge in [0.25, 0.3) is 10.0 Å². The molecule has 0 unspecified atom stereocenters. The second kappa shape index (κ2) is 6.45. The number of anilines is 1. The average Bonchev–Trinajstić information content (AvgIpc) is 3.22. The standard InChI is InChI=1S/C18H18N4O3S/c23-17(20-8-3-10-21-11-9-19-13-21)12-22-15-6-1-4-14-5-2-7-16(18(14)15)26(22,24)25/h1-2,4-7,9,11,13H,3,8,10,12H2,(H,20,23). The van der Waals surface area contributed by atoms with Gasteiger partial charge in [-0.2, -0.15) is 0 Å². The summed E-state index contributed by atoms with van der Waals surface area (Å²) in [6, 6.07) is 10.6. The first kappa shape index (κ1) is 16.6. The fraction of sp³-hybridized carbons (Fsp3) is 0.222. The van der Waals surface area contributed by atoms with Crippen LogP contribution < -0.4 is 9.62 Å². The Balaban J connectivity index is 1.45. The minimum absolute atomic E-state index is 0.221. The first-order chi connectivity index (χ1) is 12.6. The third-order valence-corrected chi connectivity index (χ3v) is 6.24. The van der Waals surface area contributed by atoms with Gasteiger partial charge in [0, 0.05) is 30.9 Å². The van der Waals surface area contributed by atoms with Gasteiger partial charge >= 0.3 is 0 Å². The predicted octanol–water partition coefficient (Wildman–Crippen LogP) is 1.75. The van der Waals surface area contributed by atoms with Crippen LogP contribution in [-0.4, -0.2) is 37.0 Å². The van der Waals surface area contributed by atoms with Crippen molar-refractivity contribution in [2.24, 2.45) is 0 Å². The van der Waals surface area contributed by atoms with Crippen LogP contribution in [0.4, 0.5) is 5.69 Å². The number of imidazole rings is 1. The Morgan fingerprint density at radius 3 is 2.73 bits per heavy atom. The second-order valence-electron chi connectivity index (χ2n) is 6.15. The highest BCUT2D eigenvalue weighted by Gasteiger charge is 2.36. The zero-order chi connectivity index (χ0) is 18.1. The zero-order valence-electron chi connectivity index (χ0n) is 14.0. The van der Waals surface area contributed by atoms with Gasteiger partial charge in [-0.1, -0.05) is 24.3 Å². The van der Waals surface area contributed by atoms with E-state index in [-0.39, 0.29) is 17.3 Å². The Morgan fingerprint density at radius 1 is 1.15 bits per heavy atom. The molecular formula is C18H18N4O3S. The van der Waals surface area contributed by atoms with Crippen LogP contribution in [0.15, 0.2) is 60.0 Å². The maximum Gasteiger partial charge on any atom is 0.265 e. The van der Waals surface area contributed by atoms with Crippen molar-refractivity contribution < 1.29 is 13.2 Å². The Hall–Kier alpha value is -2.87. The molecule has 7 nitrogen and oxygen atoms in total. The predicted molar refractivity (Wildman–Crippen MR) is 98.3 cm³/mol. The molecule has 1 aromatic heterocycles. The SMILES string of the molecule is O=C(CN1c2cccc3cccc(c23)S1(=O)=O)NCCCn1ccnc1. The number of nitrogens with one attached hydrogen (secondary N) is 1. The third kappa shape index (κ3) is 2.82. The van der Waals surface area contributed by atoms with E-state index in [1.807, 2.05) is 22.9 Å². The van der Waals surface area contributed by atoms with Crippen LogP contribution in [0.5, 0.6) is 0 Å². The quantitative estimate of drug-likeness (QED) is 0.670. The van der Waals surface area contributed by atoms with Crippen LogP contribution in [0.3, 0.4) is 0 Å². The summed E-state index contributed by atoms with van der Waals surface area (Å²) in [5, 5.41) is 4.33. The van der Waals surface area contributed by atoms with E-state index in [0.29, 0.717) is 17.6 Å². The molecule has 26 heavy (non-hydrogen) atoms. The molecule has 2 aromatic carbocycles. The van der Waals surface area contributed by atoms with Gasteiger partial charge in [-0.15, -0.1) is 0 Å². The summed E-state index contributed by atoms with van der Waals surface area (Å²) in [4.78, 5) is 16.5. The van der Waals surface area contributed by atoms with Crippen LogP contribution in [0.1, 0.15) is 6.42 Å². The molecule has 1 aliphatic rings. The molecule has 0 radical (unpaired) electrons. The number of sulfonamides is 1. The Kier molecular flexibility index (Phi) is 4.12. The van der Waals surface area contributed by atoms with E-state index in [1.165, 1.54) is 4.31 Å². The van der Waals surface area contributed by atoms with Crippen molar-refractivity contribution in [1.82, 2.24) is 14.9 Å². The summed E-state index contributed by atoms with van der Waals surface area (Å²) >= 11 is 0. The number of amides is 1. The maximum atomic E-state index is 12.8. The van der Waals surface area contributed by atoms with Gasteiger partial charge in [-0.25, -0.2) is 13.4 Å². The number of carbonyl (C=O) groups excluding carboxylic acids is 1. The highest BCUT2D eigenvalue weighted by molar-refractivity contribution is 7.93. The number of aryl methyl sites for hydroxylation is 1. The molecule has 0 saturated carbocycles. The van der Waals surface area contributed by atoms with Gasteiger partial charge in [0.1, 0.15) is 6.54 Å². The van der Waals surface area contributed by atoms with Crippen LogP contribution >= 0.6 is 0 Å². The average molecular weight is 370 g/mol. The van der Waals surface area contributed by atoms with Crippen molar-refractivity contribution >= 4 is 32.4 Å². The number of hydrogen-bond donors (Lipinski definition) is 1. The molecule has 134 valence electrons. The molecule has 1 N–H and O–H groups in total. The van der Waals surface area contributed by atoms with E-state index in [9.17, 15) is 13.2 Å². The molecule has 0 spiro atoms. The number of benzene rings is 2. The van der Waals surface area contributed by atoms with E-state index in [2.05, 4.69) is 10.3 Å². The lowest BCUT2D eigenvalue weighted by atomic mass is 10.1. The number of hydrogen-bond acceptors (Lipinski definition) is 4. The van der Waals surface area contributed by atoms with Gasteiger partial charge in [0.2, 0.25) is 5.91 Å². The molecule has 3 aromatic rings. The molecular weight excluding hydrogens is 352 g/mol. The molecule has 1 aliphatic heterocycles. The van der Waals surface area contributed by atoms with Crippen LogP contribution in [0.25, 0.3) is 10.8 Å². The van der Waals surface area contributed by atoms with Crippen LogP contribution in [0, 0.1) is 0 Å². The molecule has 2 heterocycles. The lowest BCUT2D eigenvalue weighted by Gasteiger charge is -2.18. The fourth-order valence-corrected chi connectivity index (χ4v) is 4.89. The highest BCUT2D eigenvalue weighted by Crippen LogP contribution is 2.41. The number of carbonyl (C=O) groups is 1. The third-order valence-electron chi connectivity index (χ3n) is 4.44. The number of aromatic nitrogens is 2. The maximum absolute atomic E-state index is 12.8. The van der Waals surface area contributed by atoms with Crippen molar-refractivity contribution in [2.75, 3.05) is 17.4 Å². The molecule has 0 saturated heterocycles. The van der Waals surface area contributed by atoms with Gasteiger partial charge < -0.3 is 9.88 Å². The molecule has 8 heteroatoms. The summed E-state index contributed by atoms with van der Waals surface area (Å²) in [6.07, 6.45) is 6.02. The number of rotatable bonds is 6. The summed E-state index contributed by atoms with van der Waals surface area (Å²) < 4.78 is 28.8. The fourth-order valence-electron chi connectivity index (χ4n) is 3.22. The van der Waals surface area contributed by atoms with Gasteiger partial charge in [-0.3, -0.25) is 9.10 Å². The van der Waals surface area contributed by atoms with E-state index >= 15 is 0 Å².